The van der Waals surface area contributed by atoms with E-state index in [2.05, 4.69) is 12.2 Å². The average Bonchev–Trinajstić information content (AvgIpc) is 2.99. The molecule has 0 aromatic carbocycles. The molecule has 0 radical (unpaired) electrons. The Kier molecular flexibility index (Phi) is 5.28. The van der Waals surface area contributed by atoms with Gasteiger partial charge in [0.1, 0.15) is 5.60 Å². The van der Waals surface area contributed by atoms with E-state index >= 15 is 0 Å². The number of rotatable bonds is 4. The van der Waals surface area contributed by atoms with Gasteiger partial charge in [-0.2, -0.15) is 0 Å². The van der Waals surface area contributed by atoms with Crippen molar-refractivity contribution in [1.82, 2.24) is 15.1 Å². The maximum atomic E-state index is 12.5. The molecule has 25 heavy (non-hydrogen) atoms. The minimum absolute atomic E-state index is 0.158. The lowest BCUT2D eigenvalue weighted by atomic mass is 9.97. The second-order valence-electron chi connectivity index (χ2n) is 8.95. The molecule has 3 aliphatic heterocycles. The molecule has 3 saturated heterocycles. The molecule has 2 bridgehead atoms. The summed E-state index contributed by atoms with van der Waals surface area (Å²) in [6, 6.07) is 1.28. The second-order valence-corrected chi connectivity index (χ2v) is 8.95. The number of hydrogen-bond donors (Lipinski definition) is 1. The average molecular weight is 351 g/mol. The molecule has 0 aromatic heterocycles. The third-order valence-electron chi connectivity index (χ3n) is 5.52. The van der Waals surface area contributed by atoms with Gasteiger partial charge in [-0.1, -0.05) is 0 Å². The summed E-state index contributed by atoms with van der Waals surface area (Å²) in [5, 5.41) is 3.70. The fraction of sp³-hybridized carbons (Fsp3) is 0.895. The summed E-state index contributed by atoms with van der Waals surface area (Å²) >= 11 is 0. The first-order valence-electron chi connectivity index (χ1n) is 9.78. The zero-order chi connectivity index (χ0) is 18.2. The quantitative estimate of drug-likeness (QED) is 0.845. The zero-order valence-corrected chi connectivity index (χ0v) is 16.1. The van der Waals surface area contributed by atoms with Crippen molar-refractivity contribution in [2.24, 2.45) is 0 Å². The largest absolute Gasteiger partial charge is 0.444 e. The van der Waals surface area contributed by atoms with Crippen LogP contribution in [0.25, 0.3) is 0 Å². The van der Waals surface area contributed by atoms with E-state index in [4.69, 9.17) is 4.74 Å². The van der Waals surface area contributed by atoms with Crippen molar-refractivity contribution < 1.29 is 14.3 Å². The maximum absolute atomic E-state index is 12.5. The number of ether oxygens (including phenoxy) is 1. The molecule has 3 unspecified atom stereocenters. The number of nitrogens with one attached hydrogen (secondary N) is 1. The van der Waals surface area contributed by atoms with Crippen LogP contribution in [0.3, 0.4) is 0 Å². The molecule has 3 rings (SSSR count). The lowest BCUT2D eigenvalue weighted by molar-refractivity contribution is -0.128. The molecule has 0 aliphatic carbocycles. The number of carbonyl (C=O) groups excluding carboxylic acids is 2. The third kappa shape index (κ3) is 4.46. The van der Waals surface area contributed by atoms with Crippen molar-refractivity contribution in [2.75, 3.05) is 13.1 Å². The highest BCUT2D eigenvalue weighted by Crippen LogP contribution is 2.37. The van der Waals surface area contributed by atoms with Crippen molar-refractivity contribution in [3.05, 3.63) is 0 Å². The molecule has 2 amide bonds. The Morgan fingerprint density at radius 1 is 1.28 bits per heavy atom. The normalized spacial score (nSPS) is 30.7. The standard InChI is InChI=1S/C19H33N3O3/c1-13(12-21-9-5-6-17(21)23)20-14-10-15-7-8-16(11-14)22(15)18(24)25-19(2,3)4/h13-16,20H,5-12H2,1-4H3. The van der Waals surface area contributed by atoms with Gasteiger partial charge >= 0.3 is 6.09 Å². The number of carbonyl (C=O) groups is 2. The van der Waals surface area contributed by atoms with Crippen molar-refractivity contribution in [3.63, 3.8) is 0 Å². The molecule has 0 saturated carbocycles. The minimum Gasteiger partial charge on any atom is -0.444 e. The molecule has 3 atom stereocenters. The minimum atomic E-state index is -0.442. The number of hydrogen-bond acceptors (Lipinski definition) is 4. The summed E-state index contributed by atoms with van der Waals surface area (Å²) in [5.41, 5.74) is -0.442. The number of likely N-dealkylation sites (tertiary alicyclic amines) is 1. The number of piperidine rings is 1. The summed E-state index contributed by atoms with van der Waals surface area (Å²) in [5.74, 6) is 0.286. The summed E-state index contributed by atoms with van der Waals surface area (Å²) < 4.78 is 5.60. The Morgan fingerprint density at radius 2 is 1.92 bits per heavy atom. The lowest BCUT2D eigenvalue weighted by Crippen LogP contribution is -2.54. The van der Waals surface area contributed by atoms with E-state index in [1.165, 1.54) is 0 Å². The Bertz CT molecular complexity index is 503. The fourth-order valence-corrected chi connectivity index (χ4v) is 4.61. The number of nitrogens with zero attached hydrogens (tertiary/aromatic N) is 2. The Morgan fingerprint density at radius 3 is 2.44 bits per heavy atom. The highest BCUT2D eigenvalue weighted by molar-refractivity contribution is 5.78. The molecule has 3 fully saturated rings. The van der Waals surface area contributed by atoms with E-state index in [1.54, 1.807) is 0 Å². The molecule has 1 N–H and O–H groups in total. The van der Waals surface area contributed by atoms with Gasteiger partial charge in [0.25, 0.3) is 0 Å². The summed E-state index contributed by atoms with van der Waals surface area (Å²) in [4.78, 5) is 28.3. The van der Waals surface area contributed by atoms with Gasteiger partial charge in [0, 0.05) is 43.7 Å². The first kappa shape index (κ1) is 18.5. The van der Waals surface area contributed by atoms with Crippen molar-refractivity contribution >= 4 is 12.0 Å². The molecule has 142 valence electrons. The number of fused-ring (bicyclic) bond motifs is 2. The fourth-order valence-electron chi connectivity index (χ4n) is 4.61. The maximum Gasteiger partial charge on any atom is 0.410 e. The smallest absolute Gasteiger partial charge is 0.410 e. The molecule has 3 heterocycles. The lowest BCUT2D eigenvalue weighted by Gasteiger charge is -2.40. The Labute approximate surface area is 151 Å². The van der Waals surface area contributed by atoms with Crippen LogP contribution in [0.4, 0.5) is 4.79 Å². The van der Waals surface area contributed by atoms with E-state index in [0.29, 0.717) is 18.5 Å². The van der Waals surface area contributed by atoms with Crippen LogP contribution < -0.4 is 5.32 Å². The van der Waals surface area contributed by atoms with Crippen LogP contribution in [0.15, 0.2) is 0 Å². The van der Waals surface area contributed by atoms with Crippen LogP contribution in [-0.2, 0) is 9.53 Å². The Balaban J connectivity index is 1.51. The van der Waals surface area contributed by atoms with Gasteiger partial charge in [0.2, 0.25) is 5.91 Å². The van der Waals surface area contributed by atoms with Crippen LogP contribution in [0.5, 0.6) is 0 Å². The van der Waals surface area contributed by atoms with E-state index in [-0.39, 0.29) is 24.1 Å². The van der Waals surface area contributed by atoms with Gasteiger partial charge in [-0.25, -0.2) is 4.79 Å². The summed E-state index contributed by atoms with van der Waals surface area (Å²) in [6.45, 7) is 9.61. The van der Waals surface area contributed by atoms with E-state index in [9.17, 15) is 9.59 Å². The van der Waals surface area contributed by atoms with Crippen LogP contribution in [0.1, 0.15) is 66.2 Å². The number of amides is 2. The van der Waals surface area contributed by atoms with Crippen LogP contribution in [-0.4, -0.2) is 64.7 Å². The third-order valence-corrected chi connectivity index (χ3v) is 5.52. The van der Waals surface area contributed by atoms with Crippen molar-refractivity contribution in [1.29, 1.82) is 0 Å². The first-order valence-corrected chi connectivity index (χ1v) is 9.78. The second kappa shape index (κ2) is 7.14. The molecule has 0 spiro atoms. The SMILES string of the molecule is CC(CN1CCCC1=O)NC1CC2CCC(C1)N2C(=O)OC(C)(C)C. The monoisotopic (exact) mass is 351 g/mol. The molecule has 3 aliphatic rings. The van der Waals surface area contributed by atoms with Gasteiger partial charge in [-0.15, -0.1) is 0 Å². The van der Waals surface area contributed by atoms with E-state index < -0.39 is 5.60 Å². The van der Waals surface area contributed by atoms with Gasteiger partial charge in [0.15, 0.2) is 0 Å². The van der Waals surface area contributed by atoms with Crippen LogP contribution in [0, 0.1) is 0 Å². The Hall–Kier alpha value is -1.30. The predicted molar refractivity (Wildman–Crippen MR) is 96.3 cm³/mol. The topological polar surface area (TPSA) is 61.9 Å². The van der Waals surface area contributed by atoms with Gasteiger partial charge in [0.05, 0.1) is 0 Å². The van der Waals surface area contributed by atoms with Crippen molar-refractivity contribution in [2.45, 2.75) is 96.0 Å². The van der Waals surface area contributed by atoms with E-state index in [1.807, 2.05) is 30.6 Å². The van der Waals surface area contributed by atoms with Crippen LogP contribution >= 0.6 is 0 Å². The molecular weight excluding hydrogens is 318 g/mol. The molecule has 0 aromatic rings. The van der Waals surface area contributed by atoms with Crippen molar-refractivity contribution in [3.8, 4) is 0 Å². The summed E-state index contributed by atoms with van der Waals surface area (Å²) in [6.07, 6.45) is 5.63. The molecule has 6 nitrogen and oxygen atoms in total. The molecular formula is C19H33N3O3. The van der Waals surface area contributed by atoms with Gasteiger partial charge < -0.3 is 19.9 Å². The highest BCUT2D eigenvalue weighted by atomic mass is 16.6. The summed E-state index contributed by atoms with van der Waals surface area (Å²) in [7, 11) is 0. The zero-order valence-electron chi connectivity index (χ0n) is 16.1. The van der Waals surface area contributed by atoms with Crippen LogP contribution in [0.2, 0.25) is 0 Å². The predicted octanol–water partition coefficient (Wildman–Crippen LogP) is 2.52. The molecule has 6 heteroatoms. The first-order chi connectivity index (χ1) is 11.7. The highest BCUT2D eigenvalue weighted by Gasteiger charge is 2.45. The van der Waals surface area contributed by atoms with Gasteiger partial charge in [-0.05, 0) is 59.8 Å². The van der Waals surface area contributed by atoms with Gasteiger partial charge in [-0.3, -0.25) is 4.79 Å². The van der Waals surface area contributed by atoms with E-state index in [0.717, 1.165) is 45.2 Å².